The fraction of sp³-hybridized carbons (Fsp3) is 0. The maximum absolute atomic E-state index is 11.0. The Kier molecular flexibility index (Phi) is 20.3. The maximum Gasteiger partial charge on any atom is 2.00 e. The molecule has 14 nitrogen and oxygen atoms in total. The van der Waals surface area contributed by atoms with Gasteiger partial charge in [-0.1, -0.05) is 146 Å². The number of fused-ring (bicyclic) bond motifs is 6. The summed E-state index contributed by atoms with van der Waals surface area (Å²) in [5, 5.41) is 47.7. The number of benzene rings is 6. The summed E-state index contributed by atoms with van der Waals surface area (Å²) in [5.74, 6) is -5.08. The summed E-state index contributed by atoms with van der Waals surface area (Å²) in [6, 6.07) is 48.7. The van der Waals surface area contributed by atoms with E-state index in [1.54, 1.807) is 61.2 Å². The molecular formula is C52H36Co2N4O10. The van der Waals surface area contributed by atoms with Gasteiger partial charge >= 0.3 is 33.6 Å². The van der Waals surface area contributed by atoms with E-state index >= 15 is 0 Å². The summed E-state index contributed by atoms with van der Waals surface area (Å²) in [6.07, 6.45) is 7.21. The van der Waals surface area contributed by atoms with Gasteiger partial charge in [-0.15, -0.1) is 0 Å². The SMILES string of the molecule is O.O.O=C([O-])c1ccc(-c2ccccc2C(=O)[O-])cc1.O=C([O-])c1ccc(-c2ccccc2C(=O)[O-])cc1.[Co+2].[Co+2].c1cnc2c(c1)ccc1cccnc12.c1cnc2c(c1)ccc1cccnc12. The van der Waals surface area contributed by atoms with E-state index < -0.39 is 23.9 Å². The molecule has 0 saturated carbocycles. The standard InChI is InChI=1S/2C14H10O4.2C12H8N2.2Co.2H2O/c2*15-13(16)10-7-5-9(6-8-10)11-3-1-2-4-12(11)14(17)18;2*1-3-9-5-6-10-4-2-8-14-12(10)11(9)13-7-1;;;;/h2*1-8H,(H,15,16)(H,17,18);2*1-8H;;;2*1H2/q;;;;2*+2;;/p-4. The summed E-state index contributed by atoms with van der Waals surface area (Å²) < 4.78 is 0. The maximum atomic E-state index is 11.0. The second kappa shape index (κ2) is 25.5. The van der Waals surface area contributed by atoms with Crippen LogP contribution in [-0.4, -0.2) is 54.8 Å². The number of carbonyl (C=O) groups excluding carboxylic acids is 4. The number of carboxylic acid groups (broad SMARTS) is 4. The van der Waals surface area contributed by atoms with Crippen LogP contribution >= 0.6 is 0 Å². The third-order valence-corrected chi connectivity index (χ3v) is 9.85. The predicted octanol–water partition coefficient (Wildman–Crippen LogP) is 4.07. The molecule has 0 bridgehead atoms. The Balaban J connectivity index is 0.000000237. The molecule has 10 aromatic rings. The van der Waals surface area contributed by atoms with Crippen molar-refractivity contribution in [3.05, 3.63) is 217 Å². The third kappa shape index (κ3) is 13.0. The minimum atomic E-state index is -1.27. The Morgan fingerprint density at radius 1 is 0.309 bits per heavy atom. The molecule has 68 heavy (non-hydrogen) atoms. The predicted molar refractivity (Wildman–Crippen MR) is 242 cm³/mol. The average Bonchev–Trinajstić information content (AvgIpc) is 3.34. The molecule has 10 rings (SSSR count). The van der Waals surface area contributed by atoms with Crippen LogP contribution in [0.15, 0.2) is 195 Å². The van der Waals surface area contributed by atoms with Gasteiger partial charge in [0.15, 0.2) is 0 Å². The van der Waals surface area contributed by atoms with Crippen molar-refractivity contribution in [1.29, 1.82) is 0 Å². The van der Waals surface area contributed by atoms with Gasteiger partial charge in [0.25, 0.3) is 0 Å². The second-order valence-electron chi connectivity index (χ2n) is 13.8. The number of hydrogen-bond donors (Lipinski definition) is 0. The molecule has 0 saturated heterocycles. The molecule has 342 valence electrons. The van der Waals surface area contributed by atoms with E-state index in [1.807, 2.05) is 24.3 Å². The Bertz CT molecular complexity index is 2990. The summed E-state index contributed by atoms with van der Waals surface area (Å²) >= 11 is 0. The normalized spacial score (nSPS) is 9.76. The van der Waals surface area contributed by atoms with E-state index in [0.29, 0.717) is 22.3 Å². The number of pyridine rings is 4. The van der Waals surface area contributed by atoms with Crippen molar-refractivity contribution in [2.45, 2.75) is 0 Å². The quantitative estimate of drug-likeness (QED) is 0.213. The van der Waals surface area contributed by atoms with Crippen LogP contribution in [0.1, 0.15) is 41.4 Å². The molecule has 0 fully saturated rings. The summed E-state index contributed by atoms with van der Waals surface area (Å²) in [4.78, 5) is 60.5. The molecule has 4 heterocycles. The van der Waals surface area contributed by atoms with Gasteiger partial charge in [-0.05, 0) is 57.6 Å². The van der Waals surface area contributed by atoms with Crippen molar-refractivity contribution >= 4 is 67.5 Å². The smallest absolute Gasteiger partial charge is 0.545 e. The second-order valence-corrected chi connectivity index (χ2v) is 13.8. The van der Waals surface area contributed by atoms with Crippen LogP contribution in [0.5, 0.6) is 0 Å². The van der Waals surface area contributed by atoms with E-state index in [4.69, 9.17) is 0 Å². The van der Waals surface area contributed by atoms with Gasteiger partial charge in [-0.25, -0.2) is 0 Å². The van der Waals surface area contributed by atoms with Crippen molar-refractivity contribution < 1.29 is 84.1 Å². The first kappa shape index (κ1) is 54.1. The van der Waals surface area contributed by atoms with Crippen LogP contribution in [0.3, 0.4) is 0 Å². The van der Waals surface area contributed by atoms with Crippen LogP contribution in [0.2, 0.25) is 0 Å². The van der Waals surface area contributed by atoms with Crippen LogP contribution < -0.4 is 20.4 Å². The number of aromatic carboxylic acids is 4. The number of carbonyl (C=O) groups is 4. The van der Waals surface area contributed by atoms with Gasteiger partial charge in [0.2, 0.25) is 0 Å². The van der Waals surface area contributed by atoms with E-state index in [1.165, 1.54) is 60.7 Å². The Morgan fingerprint density at radius 3 is 0.824 bits per heavy atom. The monoisotopic (exact) mass is 994 g/mol. The molecule has 16 heteroatoms. The Morgan fingerprint density at radius 2 is 0.574 bits per heavy atom. The number of carboxylic acids is 4. The van der Waals surface area contributed by atoms with E-state index in [2.05, 4.69) is 68.5 Å². The largest absolute Gasteiger partial charge is 2.00 e. The van der Waals surface area contributed by atoms with E-state index in [-0.39, 0.29) is 66.8 Å². The molecule has 4 aromatic heterocycles. The summed E-state index contributed by atoms with van der Waals surface area (Å²) in [5.41, 5.74) is 6.34. The summed E-state index contributed by atoms with van der Waals surface area (Å²) in [7, 11) is 0. The van der Waals surface area contributed by atoms with Crippen molar-refractivity contribution in [2.24, 2.45) is 0 Å². The molecule has 0 aliphatic rings. The van der Waals surface area contributed by atoms with Crippen molar-refractivity contribution in [3.63, 3.8) is 0 Å². The summed E-state index contributed by atoms with van der Waals surface area (Å²) in [6.45, 7) is 0. The molecule has 0 atom stereocenters. The third-order valence-electron chi connectivity index (χ3n) is 9.85. The topological polar surface area (TPSA) is 275 Å². The zero-order valence-corrected chi connectivity index (χ0v) is 37.3. The van der Waals surface area contributed by atoms with Gasteiger partial charge in [-0.3, -0.25) is 19.9 Å². The number of aromatic nitrogens is 4. The zero-order chi connectivity index (χ0) is 45.0. The van der Waals surface area contributed by atoms with Crippen LogP contribution in [-0.2, 0) is 33.6 Å². The van der Waals surface area contributed by atoms with E-state index in [0.717, 1.165) is 43.6 Å². The van der Waals surface area contributed by atoms with Crippen LogP contribution in [0.4, 0.5) is 0 Å². The van der Waals surface area contributed by atoms with Crippen molar-refractivity contribution in [2.75, 3.05) is 0 Å². The Labute approximate surface area is 408 Å². The molecule has 2 radical (unpaired) electrons. The molecule has 0 aliphatic carbocycles. The molecular weight excluding hydrogens is 958 g/mol. The molecule has 0 spiro atoms. The van der Waals surface area contributed by atoms with Crippen molar-refractivity contribution in [1.82, 2.24) is 19.9 Å². The molecule has 4 N–H and O–H groups in total. The first-order valence-electron chi connectivity index (χ1n) is 19.5. The first-order valence-corrected chi connectivity index (χ1v) is 19.5. The van der Waals surface area contributed by atoms with Gasteiger partial charge in [0.1, 0.15) is 0 Å². The minimum Gasteiger partial charge on any atom is -0.545 e. The zero-order valence-electron chi connectivity index (χ0n) is 35.2. The van der Waals surface area contributed by atoms with Gasteiger partial charge in [-0.2, -0.15) is 0 Å². The first-order chi connectivity index (χ1) is 31.1. The van der Waals surface area contributed by atoms with E-state index in [9.17, 15) is 39.6 Å². The minimum absolute atomic E-state index is 0. The molecule has 6 aromatic carbocycles. The Hall–Kier alpha value is -8.23. The van der Waals surface area contributed by atoms with Gasteiger partial charge < -0.3 is 50.6 Å². The molecule has 0 aliphatic heterocycles. The fourth-order valence-corrected chi connectivity index (χ4v) is 6.76. The molecule has 0 amide bonds. The number of nitrogens with zero attached hydrogens (tertiary/aromatic N) is 4. The van der Waals surface area contributed by atoms with Crippen LogP contribution in [0, 0.1) is 0 Å². The van der Waals surface area contributed by atoms with Gasteiger partial charge in [0.05, 0.1) is 45.9 Å². The van der Waals surface area contributed by atoms with Crippen molar-refractivity contribution in [3.8, 4) is 22.3 Å². The van der Waals surface area contributed by atoms with Gasteiger partial charge in [0, 0.05) is 57.5 Å². The number of rotatable bonds is 6. The van der Waals surface area contributed by atoms with Crippen LogP contribution in [0.25, 0.3) is 65.9 Å². The molecule has 0 unspecified atom stereocenters. The average molecular weight is 995 g/mol. The number of hydrogen-bond acceptors (Lipinski definition) is 12. The fourth-order valence-electron chi connectivity index (χ4n) is 6.76.